The van der Waals surface area contributed by atoms with Crippen molar-refractivity contribution in [1.82, 2.24) is 24.4 Å². The summed E-state index contributed by atoms with van der Waals surface area (Å²) in [6, 6.07) is 3.44. The number of morpholine rings is 1. The number of carbonyl (C=O) groups excluding carboxylic acids is 1. The average molecular weight is 582 g/mol. The Kier molecular flexibility index (Phi) is 8.44. The number of ether oxygens (including phenoxy) is 1. The number of anilines is 3. The minimum atomic E-state index is -0.250. The van der Waals surface area contributed by atoms with Gasteiger partial charge in [-0.3, -0.25) is 14.3 Å². The lowest BCUT2D eigenvalue weighted by atomic mass is 9.85. The van der Waals surface area contributed by atoms with Gasteiger partial charge in [0, 0.05) is 42.7 Å². The van der Waals surface area contributed by atoms with Gasteiger partial charge in [0.2, 0.25) is 17.8 Å². The number of halogens is 3. The van der Waals surface area contributed by atoms with Crippen LogP contribution in [0.5, 0.6) is 0 Å². The fourth-order valence-electron chi connectivity index (χ4n) is 5.22. The SMILES string of the molecule is CC(CN1CCOCC1)Nc1ncc2nc(Nc3c(Cl)cc(Cl)cc3Cl)n(C3CCC(C(N)=O)CC3)c2n1. The van der Waals surface area contributed by atoms with Gasteiger partial charge < -0.3 is 21.1 Å². The summed E-state index contributed by atoms with van der Waals surface area (Å²) in [7, 11) is 0. The molecule has 3 aromatic rings. The molecule has 0 radical (unpaired) electrons. The Hall–Kier alpha value is -2.37. The summed E-state index contributed by atoms with van der Waals surface area (Å²) in [5.41, 5.74) is 7.41. The minimum absolute atomic E-state index is 0.0523. The van der Waals surface area contributed by atoms with E-state index in [1.807, 2.05) is 0 Å². The Bertz CT molecular complexity index is 1280. The van der Waals surface area contributed by atoms with Gasteiger partial charge in [-0.05, 0) is 44.7 Å². The van der Waals surface area contributed by atoms with E-state index in [4.69, 9.17) is 55.2 Å². The number of hydrogen-bond acceptors (Lipinski definition) is 8. The van der Waals surface area contributed by atoms with Gasteiger partial charge in [-0.25, -0.2) is 9.97 Å². The van der Waals surface area contributed by atoms with Crippen LogP contribution < -0.4 is 16.4 Å². The van der Waals surface area contributed by atoms with Crippen molar-refractivity contribution in [1.29, 1.82) is 0 Å². The lowest BCUT2D eigenvalue weighted by molar-refractivity contribution is -0.122. The molecule has 0 spiro atoms. The van der Waals surface area contributed by atoms with E-state index in [0.29, 0.717) is 56.7 Å². The summed E-state index contributed by atoms with van der Waals surface area (Å²) in [6.07, 6.45) is 4.64. The molecular formula is C25H31Cl3N8O2. The molecular weight excluding hydrogens is 551 g/mol. The summed E-state index contributed by atoms with van der Waals surface area (Å²) >= 11 is 19.0. The quantitative estimate of drug-likeness (QED) is 0.344. The highest BCUT2D eigenvalue weighted by atomic mass is 35.5. The number of nitrogens with two attached hydrogens (primary N) is 1. The van der Waals surface area contributed by atoms with Crippen LogP contribution in [-0.4, -0.2) is 69.2 Å². The Balaban J connectivity index is 1.46. The summed E-state index contributed by atoms with van der Waals surface area (Å²) in [4.78, 5) is 28.3. The third-order valence-corrected chi connectivity index (χ3v) is 7.97. The summed E-state index contributed by atoms with van der Waals surface area (Å²) < 4.78 is 7.52. The van der Waals surface area contributed by atoms with Crippen molar-refractivity contribution in [3.8, 4) is 0 Å². The van der Waals surface area contributed by atoms with Gasteiger partial charge in [0.1, 0.15) is 5.52 Å². The maximum absolute atomic E-state index is 11.8. The van der Waals surface area contributed by atoms with E-state index in [2.05, 4.69) is 32.0 Å². The van der Waals surface area contributed by atoms with Crippen LogP contribution in [0.4, 0.5) is 17.6 Å². The molecule has 1 saturated carbocycles. The second kappa shape index (κ2) is 11.8. The lowest BCUT2D eigenvalue weighted by Gasteiger charge is -2.29. The van der Waals surface area contributed by atoms with E-state index in [0.717, 1.165) is 45.7 Å². The molecule has 1 aromatic carbocycles. The molecule has 1 saturated heterocycles. The number of carbonyl (C=O) groups is 1. The number of amides is 1. The van der Waals surface area contributed by atoms with Crippen LogP contribution in [0.25, 0.3) is 11.2 Å². The maximum atomic E-state index is 11.8. The van der Waals surface area contributed by atoms with Gasteiger partial charge in [-0.2, -0.15) is 4.98 Å². The Morgan fingerprint density at radius 2 is 1.82 bits per heavy atom. The molecule has 2 fully saturated rings. The molecule has 1 aliphatic carbocycles. The van der Waals surface area contributed by atoms with Crippen molar-refractivity contribution in [3.63, 3.8) is 0 Å². The van der Waals surface area contributed by atoms with Crippen LogP contribution in [-0.2, 0) is 9.53 Å². The molecule has 204 valence electrons. The third-order valence-electron chi connectivity index (χ3n) is 7.15. The number of nitrogens with zero attached hydrogens (tertiary/aromatic N) is 5. The van der Waals surface area contributed by atoms with Crippen molar-refractivity contribution < 1.29 is 9.53 Å². The average Bonchev–Trinajstić information content (AvgIpc) is 3.24. The summed E-state index contributed by atoms with van der Waals surface area (Å²) in [6.45, 7) is 6.31. The second-order valence-electron chi connectivity index (χ2n) is 9.94. The van der Waals surface area contributed by atoms with Crippen LogP contribution >= 0.6 is 34.8 Å². The number of hydrogen-bond donors (Lipinski definition) is 3. The third kappa shape index (κ3) is 6.10. The molecule has 4 N–H and O–H groups in total. The summed E-state index contributed by atoms with van der Waals surface area (Å²) in [5, 5.41) is 7.93. The first-order chi connectivity index (χ1) is 18.3. The molecule has 1 unspecified atom stereocenters. The minimum Gasteiger partial charge on any atom is -0.379 e. The van der Waals surface area contributed by atoms with Gasteiger partial charge in [0.05, 0.1) is 35.1 Å². The molecule has 38 heavy (non-hydrogen) atoms. The number of rotatable bonds is 8. The number of imidazole rings is 1. The second-order valence-corrected chi connectivity index (χ2v) is 11.2. The van der Waals surface area contributed by atoms with E-state index < -0.39 is 0 Å². The normalized spacial score (nSPS) is 21.4. The smallest absolute Gasteiger partial charge is 0.225 e. The molecule has 5 rings (SSSR count). The van der Waals surface area contributed by atoms with E-state index >= 15 is 0 Å². The number of fused-ring (bicyclic) bond motifs is 1. The van der Waals surface area contributed by atoms with Crippen LogP contribution in [0.2, 0.25) is 15.1 Å². The van der Waals surface area contributed by atoms with E-state index in [9.17, 15) is 4.79 Å². The zero-order chi connectivity index (χ0) is 26.8. The Labute approximate surface area is 236 Å². The van der Waals surface area contributed by atoms with E-state index in [1.165, 1.54) is 0 Å². The van der Waals surface area contributed by atoms with E-state index in [-0.39, 0.29) is 23.9 Å². The molecule has 10 nitrogen and oxygen atoms in total. The predicted octanol–water partition coefficient (Wildman–Crippen LogP) is 4.88. The van der Waals surface area contributed by atoms with Crippen LogP contribution in [0, 0.1) is 5.92 Å². The van der Waals surface area contributed by atoms with Gasteiger partial charge >= 0.3 is 0 Å². The fraction of sp³-hybridized carbons (Fsp3) is 0.520. The molecule has 0 bridgehead atoms. The van der Waals surface area contributed by atoms with Crippen molar-refractivity contribution >= 4 is 69.5 Å². The molecule has 2 aromatic heterocycles. The van der Waals surface area contributed by atoms with Gasteiger partial charge in [-0.15, -0.1) is 0 Å². The number of benzene rings is 1. The molecule has 1 atom stereocenters. The van der Waals surface area contributed by atoms with Gasteiger partial charge in [0.25, 0.3) is 0 Å². The van der Waals surface area contributed by atoms with E-state index in [1.54, 1.807) is 18.3 Å². The fourth-order valence-corrected chi connectivity index (χ4v) is 6.13. The molecule has 3 heterocycles. The highest BCUT2D eigenvalue weighted by Crippen LogP contribution is 2.40. The number of aromatic nitrogens is 4. The highest BCUT2D eigenvalue weighted by Gasteiger charge is 2.29. The maximum Gasteiger partial charge on any atom is 0.225 e. The van der Waals surface area contributed by atoms with Crippen LogP contribution in [0.3, 0.4) is 0 Å². The van der Waals surface area contributed by atoms with Crippen LogP contribution in [0.1, 0.15) is 38.6 Å². The van der Waals surface area contributed by atoms with Gasteiger partial charge in [0.15, 0.2) is 5.65 Å². The van der Waals surface area contributed by atoms with Crippen molar-refractivity contribution in [3.05, 3.63) is 33.4 Å². The zero-order valence-electron chi connectivity index (χ0n) is 21.1. The predicted molar refractivity (Wildman–Crippen MR) is 151 cm³/mol. The first-order valence-corrected chi connectivity index (χ1v) is 13.9. The largest absolute Gasteiger partial charge is 0.379 e. The monoisotopic (exact) mass is 580 g/mol. The highest BCUT2D eigenvalue weighted by molar-refractivity contribution is 6.41. The number of primary amides is 1. The topological polar surface area (TPSA) is 123 Å². The molecule has 13 heteroatoms. The van der Waals surface area contributed by atoms with Crippen molar-refractivity contribution in [2.24, 2.45) is 11.7 Å². The standard InChI is InChI=1S/C25H31Cl3N8O2/c1-14(13-35-6-8-38-9-7-35)31-24-30-12-20-23(34-24)36(17-4-2-15(3-5-17)22(29)37)25(32-20)33-21-18(27)10-16(26)11-19(21)28/h10-12,14-15,17H,2-9,13H2,1H3,(H2,29,37)(H,32,33)(H,30,31,34). The van der Waals surface area contributed by atoms with Crippen molar-refractivity contribution in [2.45, 2.75) is 44.7 Å². The Morgan fingerprint density at radius 1 is 1.13 bits per heavy atom. The lowest BCUT2D eigenvalue weighted by Crippen LogP contribution is -2.42. The Morgan fingerprint density at radius 3 is 2.47 bits per heavy atom. The first-order valence-electron chi connectivity index (χ1n) is 12.8. The van der Waals surface area contributed by atoms with Gasteiger partial charge in [-0.1, -0.05) is 34.8 Å². The number of nitrogens with one attached hydrogen (secondary N) is 2. The van der Waals surface area contributed by atoms with Crippen LogP contribution in [0.15, 0.2) is 18.3 Å². The first kappa shape index (κ1) is 27.2. The summed E-state index contributed by atoms with van der Waals surface area (Å²) in [5.74, 6) is 0.700. The zero-order valence-corrected chi connectivity index (χ0v) is 23.4. The molecule has 1 aliphatic heterocycles. The molecule has 2 aliphatic rings. The molecule has 1 amide bonds. The van der Waals surface area contributed by atoms with Crippen molar-refractivity contribution in [2.75, 3.05) is 43.5 Å².